The van der Waals surface area contributed by atoms with Crippen molar-refractivity contribution in [2.45, 2.75) is 39.7 Å². The van der Waals surface area contributed by atoms with E-state index in [4.69, 9.17) is 4.42 Å². The summed E-state index contributed by atoms with van der Waals surface area (Å²) in [5, 5.41) is 3.17. The molecule has 0 amide bonds. The third kappa shape index (κ3) is 6.22. The highest BCUT2D eigenvalue weighted by atomic mass is 32.2. The van der Waals surface area contributed by atoms with Gasteiger partial charge in [-0.3, -0.25) is 0 Å². The van der Waals surface area contributed by atoms with Crippen molar-refractivity contribution in [2.24, 2.45) is 0 Å². The fourth-order valence-corrected chi connectivity index (χ4v) is 3.15. The number of unbranched alkanes of at least 4 members (excludes halogenated alkanes) is 1. The van der Waals surface area contributed by atoms with E-state index >= 15 is 0 Å². The zero-order valence-electron chi connectivity index (χ0n) is 11.9. The van der Waals surface area contributed by atoms with Crippen molar-refractivity contribution in [3.8, 4) is 0 Å². The molecule has 0 aliphatic carbocycles. The number of hydrogen-bond acceptors (Lipinski definition) is 4. The lowest BCUT2D eigenvalue weighted by Gasteiger charge is -2.12. The van der Waals surface area contributed by atoms with E-state index < -0.39 is 10.0 Å². The van der Waals surface area contributed by atoms with Crippen LogP contribution in [0.3, 0.4) is 0 Å². The van der Waals surface area contributed by atoms with Gasteiger partial charge in [0.2, 0.25) is 10.0 Å². The summed E-state index contributed by atoms with van der Waals surface area (Å²) < 4.78 is 31.8. The molecule has 5 nitrogen and oxygen atoms in total. The Bertz CT molecular complexity index is 468. The van der Waals surface area contributed by atoms with Crippen molar-refractivity contribution < 1.29 is 12.8 Å². The van der Waals surface area contributed by atoms with Gasteiger partial charge in [-0.1, -0.05) is 6.92 Å². The summed E-state index contributed by atoms with van der Waals surface area (Å²) in [7, 11) is -3.24. The smallest absolute Gasteiger partial charge is 0.212 e. The van der Waals surface area contributed by atoms with E-state index in [0.717, 1.165) is 25.3 Å². The van der Waals surface area contributed by atoms with Crippen molar-refractivity contribution in [1.29, 1.82) is 0 Å². The summed E-state index contributed by atoms with van der Waals surface area (Å²) in [6, 6.07) is 3.30. The lowest BCUT2D eigenvalue weighted by Crippen LogP contribution is -2.29. The minimum atomic E-state index is -3.24. The Morgan fingerprint density at radius 2 is 2.05 bits per heavy atom. The third-order valence-corrected chi connectivity index (χ3v) is 4.35. The van der Waals surface area contributed by atoms with Crippen LogP contribution in [-0.4, -0.2) is 27.3 Å². The minimum absolute atomic E-state index is 0.155. The molecule has 1 unspecified atom stereocenters. The van der Waals surface area contributed by atoms with Crippen molar-refractivity contribution in [3.05, 3.63) is 23.7 Å². The number of sulfonamides is 1. The summed E-state index contributed by atoms with van der Waals surface area (Å²) in [6.07, 6.45) is 1.52. The Hall–Kier alpha value is -0.850. The molecule has 1 atom stereocenters. The first-order valence-corrected chi connectivity index (χ1v) is 8.37. The van der Waals surface area contributed by atoms with Gasteiger partial charge in [0, 0.05) is 0 Å². The molecule has 0 aromatic carbocycles. The largest absolute Gasteiger partial charge is 0.465 e. The highest BCUT2D eigenvalue weighted by Crippen LogP contribution is 2.16. The average Bonchev–Trinajstić information content (AvgIpc) is 2.75. The first-order chi connectivity index (χ1) is 8.94. The molecule has 1 rings (SSSR count). The van der Waals surface area contributed by atoms with E-state index in [-0.39, 0.29) is 11.8 Å². The lowest BCUT2D eigenvalue weighted by atomic mass is 10.3. The van der Waals surface area contributed by atoms with E-state index in [1.807, 2.05) is 19.9 Å². The van der Waals surface area contributed by atoms with Crippen LogP contribution < -0.4 is 10.0 Å². The zero-order chi connectivity index (χ0) is 14.3. The van der Waals surface area contributed by atoms with Crippen LogP contribution in [0.5, 0.6) is 0 Å². The van der Waals surface area contributed by atoms with E-state index in [1.165, 1.54) is 0 Å². The second kappa shape index (κ2) is 7.67. The van der Waals surface area contributed by atoms with Gasteiger partial charge < -0.3 is 9.73 Å². The van der Waals surface area contributed by atoms with Crippen LogP contribution >= 0.6 is 0 Å². The van der Waals surface area contributed by atoms with Crippen LogP contribution in [0.4, 0.5) is 0 Å². The zero-order valence-corrected chi connectivity index (χ0v) is 12.7. The molecule has 0 aliphatic heterocycles. The fourth-order valence-electron chi connectivity index (χ4n) is 1.79. The number of hydrogen-bond donors (Lipinski definition) is 2. The predicted molar refractivity (Wildman–Crippen MR) is 76.6 cm³/mol. The molecular formula is C13H24N2O3S. The molecule has 0 radical (unpaired) electrons. The molecule has 0 saturated heterocycles. The molecule has 1 aromatic rings. The first kappa shape index (κ1) is 16.2. The van der Waals surface area contributed by atoms with Gasteiger partial charge in [-0.25, -0.2) is 13.1 Å². The Kier molecular flexibility index (Phi) is 6.54. The Balaban J connectivity index is 2.37. The van der Waals surface area contributed by atoms with Gasteiger partial charge in [0.15, 0.2) is 0 Å². The predicted octanol–water partition coefficient (Wildman–Crippen LogP) is 1.96. The SMILES string of the molecule is CCNCCCCS(=O)(=O)NC(C)c1ccc(C)o1. The monoisotopic (exact) mass is 288 g/mol. The molecular weight excluding hydrogens is 264 g/mol. The van der Waals surface area contributed by atoms with E-state index in [1.54, 1.807) is 13.0 Å². The number of furan rings is 1. The molecule has 2 N–H and O–H groups in total. The minimum Gasteiger partial charge on any atom is -0.465 e. The van der Waals surface area contributed by atoms with Crippen molar-refractivity contribution in [2.75, 3.05) is 18.8 Å². The molecule has 19 heavy (non-hydrogen) atoms. The number of rotatable bonds is 9. The Labute approximate surface area is 115 Å². The Morgan fingerprint density at radius 1 is 1.32 bits per heavy atom. The van der Waals surface area contributed by atoms with E-state index in [2.05, 4.69) is 10.0 Å². The second-order valence-electron chi connectivity index (χ2n) is 4.67. The molecule has 1 aromatic heterocycles. The van der Waals surface area contributed by atoms with Crippen LogP contribution in [0.1, 0.15) is 44.3 Å². The fraction of sp³-hybridized carbons (Fsp3) is 0.692. The highest BCUT2D eigenvalue weighted by Gasteiger charge is 2.17. The molecule has 1 heterocycles. The van der Waals surface area contributed by atoms with Gasteiger partial charge in [-0.05, 0) is 51.9 Å². The molecule has 0 fully saturated rings. The highest BCUT2D eigenvalue weighted by molar-refractivity contribution is 7.89. The van der Waals surface area contributed by atoms with E-state index in [9.17, 15) is 8.42 Å². The average molecular weight is 288 g/mol. The van der Waals surface area contributed by atoms with Crippen molar-refractivity contribution in [1.82, 2.24) is 10.0 Å². The van der Waals surface area contributed by atoms with Gasteiger partial charge in [-0.2, -0.15) is 0 Å². The van der Waals surface area contributed by atoms with Crippen LogP contribution in [0.15, 0.2) is 16.5 Å². The first-order valence-electron chi connectivity index (χ1n) is 6.71. The van der Waals surface area contributed by atoms with Gasteiger partial charge in [-0.15, -0.1) is 0 Å². The summed E-state index contributed by atoms with van der Waals surface area (Å²) >= 11 is 0. The van der Waals surface area contributed by atoms with Crippen molar-refractivity contribution >= 4 is 10.0 Å². The van der Waals surface area contributed by atoms with Gasteiger partial charge in [0.05, 0.1) is 11.8 Å². The second-order valence-corrected chi connectivity index (χ2v) is 6.54. The van der Waals surface area contributed by atoms with Crippen LogP contribution in [-0.2, 0) is 10.0 Å². The maximum atomic E-state index is 11.9. The summed E-state index contributed by atoms with van der Waals surface area (Å²) in [6.45, 7) is 7.43. The molecule has 0 bridgehead atoms. The van der Waals surface area contributed by atoms with Gasteiger partial charge in [0.1, 0.15) is 11.5 Å². The number of nitrogens with one attached hydrogen (secondary N) is 2. The molecule has 110 valence electrons. The number of aryl methyl sites for hydroxylation is 1. The summed E-state index contributed by atoms with van der Waals surface area (Å²) in [5.41, 5.74) is 0. The summed E-state index contributed by atoms with van der Waals surface area (Å²) in [4.78, 5) is 0. The van der Waals surface area contributed by atoms with Crippen molar-refractivity contribution in [3.63, 3.8) is 0 Å². The van der Waals surface area contributed by atoms with Crippen LogP contribution in [0.25, 0.3) is 0 Å². The molecule has 0 saturated carbocycles. The lowest BCUT2D eigenvalue weighted by molar-refractivity contribution is 0.441. The van der Waals surface area contributed by atoms with E-state index in [0.29, 0.717) is 12.2 Å². The van der Waals surface area contributed by atoms with Gasteiger partial charge in [0.25, 0.3) is 0 Å². The maximum Gasteiger partial charge on any atom is 0.212 e. The maximum absolute atomic E-state index is 11.9. The van der Waals surface area contributed by atoms with Crippen LogP contribution in [0, 0.1) is 6.92 Å². The quantitative estimate of drug-likeness (QED) is 0.681. The third-order valence-electron chi connectivity index (χ3n) is 2.81. The standard InChI is InChI=1S/C13H24N2O3S/c1-4-14-9-5-6-10-19(16,17)15-12(3)13-8-7-11(2)18-13/h7-8,12,14-15H,4-6,9-10H2,1-3H3. The topological polar surface area (TPSA) is 71.3 Å². The molecule has 0 spiro atoms. The van der Waals surface area contributed by atoms with Gasteiger partial charge >= 0.3 is 0 Å². The molecule has 6 heteroatoms. The molecule has 0 aliphatic rings. The van der Waals surface area contributed by atoms with Crippen LogP contribution in [0.2, 0.25) is 0 Å². The summed E-state index contributed by atoms with van der Waals surface area (Å²) in [5.74, 6) is 1.59. The Morgan fingerprint density at radius 3 is 2.63 bits per heavy atom. The normalized spacial score (nSPS) is 13.6.